The summed E-state index contributed by atoms with van der Waals surface area (Å²) in [7, 11) is 1.53. The molecule has 0 spiro atoms. The first kappa shape index (κ1) is 14.8. The van der Waals surface area contributed by atoms with Crippen molar-refractivity contribution < 1.29 is 4.74 Å². The molecular weight excluding hydrogens is 266 g/mol. The summed E-state index contributed by atoms with van der Waals surface area (Å²) in [5.41, 5.74) is 8.79. The number of rotatable bonds is 5. The number of ether oxygens (including phenoxy) is 1. The van der Waals surface area contributed by atoms with Gasteiger partial charge in [-0.25, -0.2) is 9.98 Å². The van der Waals surface area contributed by atoms with Crippen LogP contribution in [0, 0.1) is 0 Å². The van der Waals surface area contributed by atoms with Crippen LogP contribution in [0.4, 0.5) is 5.69 Å². The molecule has 0 aliphatic heterocycles. The number of benzene rings is 1. The van der Waals surface area contributed by atoms with Crippen LogP contribution < -0.4 is 15.8 Å². The molecule has 1 heterocycles. The molecule has 0 amide bonds. The number of guanidine groups is 1. The predicted molar refractivity (Wildman–Crippen MR) is 83.4 cm³/mol. The first-order chi connectivity index (χ1) is 10.2. The van der Waals surface area contributed by atoms with Gasteiger partial charge in [0.2, 0.25) is 0 Å². The lowest BCUT2D eigenvalue weighted by Gasteiger charge is -2.07. The monoisotopic (exact) mass is 285 g/mol. The van der Waals surface area contributed by atoms with Gasteiger partial charge in [0.15, 0.2) is 5.96 Å². The van der Waals surface area contributed by atoms with Gasteiger partial charge in [0.1, 0.15) is 0 Å². The second-order valence-corrected chi connectivity index (χ2v) is 4.42. The van der Waals surface area contributed by atoms with Crippen molar-refractivity contribution >= 4 is 11.6 Å². The Morgan fingerprint density at radius 2 is 2.24 bits per heavy atom. The molecule has 0 aliphatic rings. The predicted octanol–water partition coefficient (Wildman–Crippen LogP) is 1.97. The quantitative estimate of drug-likeness (QED) is 0.648. The number of hydrogen-bond donors (Lipinski definition) is 2. The van der Waals surface area contributed by atoms with Crippen molar-refractivity contribution in [1.82, 2.24) is 9.97 Å². The molecule has 1 aromatic carbocycles. The lowest BCUT2D eigenvalue weighted by molar-refractivity contribution is 0.378. The third-order valence-electron chi connectivity index (χ3n) is 2.89. The van der Waals surface area contributed by atoms with Gasteiger partial charge in [-0.15, -0.1) is 0 Å². The second kappa shape index (κ2) is 7.23. The Labute approximate surface area is 124 Å². The molecule has 0 fully saturated rings. The zero-order valence-corrected chi connectivity index (χ0v) is 12.2. The maximum absolute atomic E-state index is 5.88. The molecule has 0 aliphatic carbocycles. The molecule has 21 heavy (non-hydrogen) atoms. The summed E-state index contributed by atoms with van der Waals surface area (Å²) in [6.07, 6.45) is 2.61. The highest BCUT2D eigenvalue weighted by Gasteiger charge is 2.00. The summed E-state index contributed by atoms with van der Waals surface area (Å²) in [6.45, 7) is 2.48. The molecule has 6 nitrogen and oxygen atoms in total. The highest BCUT2D eigenvalue weighted by molar-refractivity contribution is 5.92. The lowest BCUT2D eigenvalue weighted by Crippen LogP contribution is -2.22. The molecule has 2 aromatic rings. The number of aryl methyl sites for hydroxylation is 1. The topological polar surface area (TPSA) is 85.4 Å². The Morgan fingerprint density at radius 3 is 3.00 bits per heavy atom. The third kappa shape index (κ3) is 4.45. The highest BCUT2D eigenvalue weighted by atomic mass is 16.5. The normalized spacial score (nSPS) is 11.2. The Balaban J connectivity index is 2.00. The molecule has 2 rings (SSSR count). The molecule has 0 saturated carbocycles. The average Bonchev–Trinajstić information content (AvgIpc) is 2.53. The van der Waals surface area contributed by atoms with Crippen LogP contribution in [0.3, 0.4) is 0 Å². The number of methoxy groups -OCH3 is 1. The van der Waals surface area contributed by atoms with Crippen molar-refractivity contribution in [2.75, 3.05) is 12.4 Å². The summed E-state index contributed by atoms with van der Waals surface area (Å²) >= 11 is 0. The standard InChI is InChI=1S/C15H19N5O/c1-3-11-5-4-6-12(9-11)19-14(16)18-10-13-7-8-17-15(20-13)21-2/h4-9H,3,10H2,1-2H3,(H3,16,18,19). The largest absolute Gasteiger partial charge is 0.467 e. The summed E-state index contributed by atoms with van der Waals surface area (Å²) in [5.74, 6) is 0.348. The molecule has 0 saturated heterocycles. The SMILES string of the molecule is CCc1cccc(NC(N)=NCc2ccnc(OC)n2)c1. The number of anilines is 1. The zero-order valence-electron chi connectivity index (χ0n) is 12.2. The van der Waals surface area contributed by atoms with Crippen molar-refractivity contribution in [2.24, 2.45) is 10.7 Å². The van der Waals surface area contributed by atoms with Gasteiger partial charge in [-0.1, -0.05) is 19.1 Å². The van der Waals surface area contributed by atoms with Crippen LogP contribution >= 0.6 is 0 Å². The van der Waals surface area contributed by atoms with Crippen molar-refractivity contribution in [3.8, 4) is 6.01 Å². The molecule has 3 N–H and O–H groups in total. The molecular formula is C15H19N5O. The third-order valence-corrected chi connectivity index (χ3v) is 2.89. The van der Waals surface area contributed by atoms with E-state index in [-0.39, 0.29) is 0 Å². The van der Waals surface area contributed by atoms with Crippen LogP contribution in [0.2, 0.25) is 0 Å². The van der Waals surface area contributed by atoms with Gasteiger partial charge in [0.25, 0.3) is 0 Å². The molecule has 0 atom stereocenters. The number of hydrogen-bond acceptors (Lipinski definition) is 4. The molecule has 110 valence electrons. The van der Waals surface area contributed by atoms with Crippen molar-refractivity contribution in [1.29, 1.82) is 0 Å². The first-order valence-electron chi connectivity index (χ1n) is 6.73. The van der Waals surface area contributed by atoms with E-state index in [1.54, 1.807) is 12.3 Å². The molecule has 6 heteroatoms. The highest BCUT2D eigenvalue weighted by Crippen LogP contribution is 2.10. The van der Waals surface area contributed by atoms with Crippen LogP contribution in [0.1, 0.15) is 18.2 Å². The van der Waals surface area contributed by atoms with Crippen LogP contribution in [-0.2, 0) is 13.0 Å². The summed E-state index contributed by atoms with van der Waals surface area (Å²) in [6, 6.07) is 10.2. The van der Waals surface area contributed by atoms with Crippen LogP contribution in [0.5, 0.6) is 6.01 Å². The zero-order chi connectivity index (χ0) is 15.1. The smallest absolute Gasteiger partial charge is 0.316 e. The fourth-order valence-electron chi connectivity index (χ4n) is 1.79. The van der Waals surface area contributed by atoms with E-state index < -0.39 is 0 Å². The number of nitrogens with one attached hydrogen (secondary N) is 1. The number of nitrogens with zero attached hydrogens (tertiary/aromatic N) is 3. The van der Waals surface area contributed by atoms with Crippen LogP contribution in [-0.4, -0.2) is 23.0 Å². The van der Waals surface area contributed by atoms with Gasteiger partial charge >= 0.3 is 6.01 Å². The molecule has 1 aromatic heterocycles. The molecule has 0 radical (unpaired) electrons. The number of aromatic nitrogens is 2. The Morgan fingerprint density at radius 1 is 1.38 bits per heavy atom. The van der Waals surface area contributed by atoms with Crippen LogP contribution in [0.15, 0.2) is 41.5 Å². The van der Waals surface area contributed by atoms with Crippen molar-refractivity contribution in [3.63, 3.8) is 0 Å². The average molecular weight is 285 g/mol. The van der Waals surface area contributed by atoms with E-state index in [0.717, 1.165) is 17.8 Å². The van der Waals surface area contributed by atoms with E-state index in [4.69, 9.17) is 10.5 Å². The maximum Gasteiger partial charge on any atom is 0.316 e. The molecule has 0 bridgehead atoms. The first-order valence-corrected chi connectivity index (χ1v) is 6.73. The van der Waals surface area contributed by atoms with Crippen molar-refractivity contribution in [3.05, 3.63) is 47.8 Å². The van der Waals surface area contributed by atoms with Crippen molar-refractivity contribution in [2.45, 2.75) is 19.9 Å². The molecule has 0 unspecified atom stereocenters. The van der Waals surface area contributed by atoms with Gasteiger partial charge in [-0.2, -0.15) is 4.98 Å². The maximum atomic E-state index is 5.88. The fraction of sp³-hybridized carbons (Fsp3) is 0.267. The number of nitrogens with two attached hydrogens (primary N) is 1. The minimum absolute atomic E-state index is 0.324. The van der Waals surface area contributed by atoms with E-state index in [1.807, 2.05) is 12.1 Å². The van der Waals surface area contributed by atoms with Gasteiger partial charge in [0, 0.05) is 11.9 Å². The Kier molecular flexibility index (Phi) is 5.09. The van der Waals surface area contributed by atoms with E-state index in [9.17, 15) is 0 Å². The van der Waals surface area contributed by atoms with E-state index in [0.29, 0.717) is 18.5 Å². The summed E-state index contributed by atoms with van der Waals surface area (Å²) in [5, 5.41) is 3.07. The van der Waals surface area contributed by atoms with Gasteiger partial charge in [-0.05, 0) is 30.2 Å². The summed E-state index contributed by atoms with van der Waals surface area (Å²) in [4.78, 5) is 12.4. The van der Waals surface area contributed by atoms with E-state index >= 15 is 0 Å². The Bertz CT molecular complexity index is 627. The van der Waals surface area contributed by atoms with Gasteiger partial charge in [0.05, 0.1) is 19.3 Å². The van der Waals surface area contributed by atoms with E-state index in [2.05, 4.69) is 39.3 Å². The lowest BCUT2D eigenvalue weighted by atomic mass is 10.1. The Hall–Kier alpha value is -2.63. The van der Waals surface area contributed by atoms with E-state index in [1.165, 1.54) is 12.7 Å². The fourth-order valence-corrected chi connectivity index (χ4v) is 1.79. The van der Waals surface area contributed by atoms with Gasteiger partial charge in [-0.3, -0.25) is 0 Å². The van der Waals surface area contributed by atoms with Gasteiger partial charge < -0.3 is 15.8 Å². The minimum atomic E-state index is 0.324. The number of aliphatic imine (C=N–C) groups is 1. The minimum Gasteiger partial charge on any atom is -0.467 e. The van der Waals surface area contributed by atoms with Crippen LogP contribution in [0.25, 0.3) is 0 Å². The second-order valence-electron chi connectivity index (χ2n) is 4.42. The summed E-state index contributed by atoms with van der Waals surface area (Å²) < 4.78 is 4.97.